The molecule has 74 valence electrons. The lowest BCUT2D eigenvalue weighted by atomic mass is 9.97. The molecule has 2 nitrogen and oxygen atoms in total. The summed E-state index contributed by atoms with van der Waals surface area (Å²) in [6.07, 6.45) is 3.10. The minimum Gasteiger partial charge on any atom is -0.398 e. The van der Waals surface area contributed by atoms with Crippen LogP contribution in [0.1, 0.15) is 16.8 Å². The number of nitrogens with two attached hydrogens (primary N) is 1. The van der Waals surface area contributed by atoms with Gasteiger partial charge in [0.2, 0.25) is 0 Å². The standard InChI is InChI=1S/C13H13N2/c14-13-6-3-4-10-8-11-5-1-2-7-15(11)9-12(10)13/h1-7H,8-9,14H2/q+1. The Bertz CT molecular complexity index is 518. The third-order valence-electron chi connectivity index (χ3n) is 3.04. The van der Waals surface area contributed by atoms with E-state index in [-0.39, 0.29) is 0 Å². The molecule has 0 amide bonds. The van der Waals surface area contributed by atoms with Crippen molar-refractivity contribution in [3.05, 3.63) is 59.4 Å². The van der Waals surface area contributed by atoms with E-state index < -0.39 is 0 Å². The van der Waals surface area contributed by atoms with Crippen LogP contribution in [0.3, 0.4) is 0 Å². The van der Waals surface area contributed by atoms with Crippen LogP contribution in [0.4, 0.5) is 5.69 Å². The van der Waals surface area contributed by atoms with E-state index in [1.54, 1.807) is 0 Å². The number of aromatic nitrogens is 1. The van der Waals surface area contributed by atoms with E-state index in [1.807, 2.05) is 12.1 Å². The van der Waals surface area contributed by atoms with Gasteiger partial charge in [0.1, 0.15) is 0 Å². The van der Waals surface area contributed by atoms with Crippen LogP contribution >= 0.6 is 0 Å². The summed E-state index contributed by atoms with van der Waals surface area (Å²) in [4.78, 5) is 0. The molecule has 0 atom stereocenters. The van der Waals surface area contributed by atoms with E-state index in [1.165, 1.54) is 16.8 Å². The number of benzene rings is 1. The van der Waals surface area contributed by atoms with Gasteiger partial charge in [-0.25, -0.2) is 0 Å². The van der Waals surface area contributed by atoms with E-state index >= 15 is 0 Å². The van der Waals surface area contributed by atoms with Crippen LogP contribution < -0.4 is 10.3 Å². The molecule has 0 fully saturated rings. The number of nitrogens with zero attached hydrogens (tertiary/aromatic N) is 1. The molecule has 0 saturated carbocycles. The lowest BCUT2D eigenvalue weighted by molar-refractivity contribution is -0.697. The molecule has 0 unspecified atom stereocenters. The number of hydrogen-bond donors (Lipinski definition) is 1. The van der Waals surface area contributed by atoms with E-state index in [0.29, 0.717) is 0 Å². The number of nitrogen functional groups attached to an aromatic ring is 1. The molecule has 1 aliphatic rings. The summed E-state index contributed by atoms with van der Waals surface area (Å²) in [5.74, 6) is 0. The van der Waals surface area contributed by atoms with Crippen LogP contribution in [-0.2, 0) is 13.0 Å². The predicted octanol–water partition coefficient (Wildman–Crippen LogP) is 1.51. The minimum absolute atomic E-state index is 0.901. The number of hydrogen-bond acceptors (Lipinski definition) is 1. The Morgan fingerprint density at radius 1 is 1.07 bits per heavy atom. The van der Waals surface area contributed by atoms with E-state index in [0.717, 1.165) is 18.7 Å². The lowest BCUT2D eigenvalue weighted by Crippen LogP contribution is -2.42. The van der Waals surface area contributed by atoms with Gasteiger partial charge in [-0.15, -0.1) is 0 Å². The van der Waals surface area contributed by atoms with Gasteiger partial charge in [0.15, 0.2) is 18.4 Å². The third-order valence-corrected chi connectivity index (χ3v) is 3.04. The van der Waals surface area contributed by atoms with Crippen molar-refractivity contribution in [1.29, 1.82) is 0 Å². The fourth-order valence-corrected chi connectivity index (χ4v) is 2.20. The molecule has 2 heteroatoms. The second kappa shape index (κ2) is 3.09. The molecule has 0 spiro atoms. The largest absolute Gasteiger partial charge is 0.398 e. The fraction of sp³-hybridized carbons (Fsp3) is 0.154. The van der Waals surface area contributed by atoms with Crippen LogP contribution in [-0.4, -0.2) is 0 Å². The molecule has 2 heterocycles. The Kier molecular flexibility index (Phi) is 1.75. The van der Waals surface area contributed by atoms with Crippen molar-refractivity contribution in [2.75, 3.05) is 5.73 Å². The summed E-state index contributed by atoms with van der Waals surface area (Å²) < 4.78 is 2.26. The number of fused-ring (bicyclic) bond motifs is 2. The summed E-state index contributed by atoms with van der Waals surface area (Å²) in [5.41, 5.74) is 10.9. The van der Waals surface area contributed by atoms with Gasteiger partial charge in [-0.2, -0.15) is 4.57 Å². The predicted molar refractivity (Wildman–Crippen MR) is 59.4 cm³/mol. The molecular formula is C13H13N2+. The first-order valence-electron chi connectivity index (χ1n) is 5.18. The number of pyridine rings is 1. The maximum absolute atomic E-state index is 5.99. The summed E-state index contributed by atoms with van der Waals surface area (Å²) in [6, 6.07) is 12.5. The third kappa shape index (κ3) is 1.30. The maximum atomic E-state index is 5.99. The summed E-state index contributed by atoms with van der Waals surface area (Å²) in [5, 5.41) is 0. The van der Waals surface area contributed by atoms with Gasteiger partial charge >= 0.3 is 0 Å². The first-order chi connectivity index (χ1) is 7.34. The second-order valence-electron chi connectivity index (χ2n) is 3.98. The van der Waals surface area contributed by atoms with Crippen LogP contribution in [0.5, 0.6) is 0 Å². The Labute approximate surface area is 89.0 Å². The highest BCUT2D eigenvalue weighted by molar-refractivity contribution is 5.51. The Hall–Kier alpha value is -1.83. The summed E-state index contributed by atoms with van der Waals surface area (Å²) in [6.45, 7) is 0.901. The Morgan fingerprint density at radius 2 is 2.00 bits per heavy atom. The highest BCUT2D eigenvalue weighted by Crippen LogP contribution is 2.22. The van der Waals surface area contributed by atoms with E-state index in [4.69, 9.17) is 5.73 Å². The highest BCUT2D eigenvalue weighted by Gasteiger charge is 2.21. The zero-order valence-electron chi connectivity index (χ0n) is 8.48. The van der Waals surface area contributed by atoms with Crippen molar-refractivity contribution < 1.29 is 4.57 Å². The quantitative estimate of drug-likeness (QED) is 0.429. The molecule has 1 aromatic carbocycles. The molecule has 0 bridgehead atoms. The second-order valence-corrected chi connectivity index (χ2v) is 3.98. The zero-order chi connectivity index (χ0) is 10.3. The normalized spacial score (nSPS) is 13.1. The monoisotopic (exact) mass is 197 g/mol. The van der Waals surface area contributed by atoms with Gasteiger partial charge in [-0.05, 0) is 11.6 Å². The molecular weight excluding hydrogens is 184 g/mol. The van der Waals surface area contributed by atoms with Crippen molar-refractivity contribution >= 4 is 5.69 Å². The van der Waals surface area contributed by atoms with E-state index in [2.05, 4.69) is 35.0 Å². The topological polar surface area (TPSA) is 29.9 Å². The lowest BCUT2D eigenvalue weighted by Gasteiger charge is -2.15. The smallest absolute Gasteiger partial charge is 0.186 e. The highest BCUT2D eigenvalue weighted by atomic mass is 15.0. The van der Waals surface area contributed by atoms with Crippen LogP contribution in [0.2, 0.25) is 0 Å². The maximum Gasteiger partial charge on any atom is 0.186 e. The first kappa shape index (κ1) is 8.48. The van der Waals surface area contributed by atoms with Crippen molar-refractivity contribution in [3.63, 3.8) is 0 Å². The van der Waals surface area contributed by atoms with Crippen LogP contribution in [0.25, 0.3) is 0 Å². The fourth-order valence-electron chi connectivity index (χ4n) is 2.20. The SMILES string of the molecule is Nc1cccc2c1C[n+]1ccccc1C2. The molecule has 0 aliphatic carbocycles. The molecule has 0 saturated heterocycles. The van der Waals surface area contributed by atoms with Gasteiger partial charge in [0, 0.05) is 23.4 Å². The van der Waals surface area contributed by atoms with Gasteiger partial charge in [0.25, 0.3) is 0 Å². The Morgan fingerprint density at radius 3 is 2.93 bits per heavy atom. The number of anilines is 1. The molecule has 0 radical (unpaired) electrons. The van der Waals surface area contributed by atoms with Crippen molar-refractivity contribution in [2.45, 2.75) is 13.0 Å². The minimum atomic E-state index is 0.901. The molecule has 2 aromatic rings. The van der Waals surface area contributed by atoms with Crippen LogP contribution in [0, 0.1) is 0 Å². The van der Waals surface area contributed by atoms with Crippen molar-refractivity contribution in [1.82, 2.24) is 0 Å². The molecule has 15 heavy (non-hydrogen) atoms. The summed E-state index contributed by atoms with van der Waals surface area (Å²) >= 11 is 0. The van der Waals surface area contributed by atoms with E-state index in [9.17, 15) is 0 Å². The van der Waals surface area contributed by atoms with Crippen LogP contribution in [0.15, 0.2) is 42.6 Å². The average Bonchev–Trinajstić information content (AvgIpc) is 2.27. The molecule has 1 aliphatic heterocycles. The molecule has 1 aromatic heterocycles. The number of rotatable bonds is 0. The zero-order valence-corrected chi connectivity index (χ0v) is 8.48. The van der Waals surface area contributed by atoms with Gasteiger partial charge in [-0.1, -0.05) is 18.2 Å². The molecule has 3 rings (SSSR count). The van der Waals surface area contributed by atoms with Gasteiger partial charge < -0.3 is 5.73 Å². The van der Waals surface area contributed by atoms with Crippen molar-refractivity contribution in [3.8, 4) is 0 Å². The summed E-state index contributed by atoms with van der Waals surface area (Å²) in [7, 11) is 0. The Balaban J connectivity index is 2.15. The molecule has 2 N–H and O–H groups in total. The van der Waals surface area contributed by atoms with Crippen molar-refractivity contribution in [2.24, 2.45) is 0 Å². The van der Waals surface area contributed by atoms with Gasteiger partial charge in [-0.3, -0.25) is 0 Å². The first-order valence-corrected chi connectivity index (χ1v) is 5.18. The average molecular weight is 197 g/mol. The van der Waals surface area contributed by atoms with Gasteiger partial charge in [0.05, 0.1) is 6.42 Å².